The molecule has 0 bridgehead atoms. The molecule has 1 unspecified atom stereocenters. The van der Waals surface area contributed by atoms with Crippen LogP contribution in [-0.4, -0.2) is 32.0 Å². The van der Waals surface area contributed by atoms with Gasteiger partial charge < -0.3 is 9.84 Å². The largest absolute Gasteiger partial charge is 0.481 e. The Morgan fingerprint density at radius 3 is 2.94 bits per heavy atom. The number of rotatable bonds is 5. The van der Waals surface area contributed by atoms with Crippen LogP contribution in [0.2, 0.25) is 0 Å². The molecule has 0 fully saturated rings. The van der Waals surface area contributed by atoms with E-state index in [0.29, 0.717) is 18.0 Å². The Morgan fingerprint density at radius 1 is 1.44 bits per heavy atom. The van der Waals surface area contributed by atoms with Crippen molar-refractivity contribution < 1.29 is 9.84 Å². The first kappa shape index (κ1) is 12.5. The summed E-state index contributed by atoms with van der Waals surface area (Å²) in [5.41, 5.74) is 1.65. The average molecular weight is 248 g/mol. The third-order valence-electron chi connectivity index (χ3n) is 2.81. The summed E-state index contributed by atoms with van der Waals surface area (Å²) >= 11 is 0. The molecule has 0 aromatic carbocycles. The summed E-state index contributed by atoms with van der Waals surface area (Å²) in [5, 5.41) is 14.1. The molecule has 0 aliphatic rings. The van der Waals surface area contributed by atoms with Gasteiger partial charge in [-0.3, -0.25) is 4.68 Å². The molecule has 96 valence electrons. The van der Waals surface area contributed by atoms with Crippen LogP contribution >= 0.6 is 0 Å². The number of hydrogen-bond acceptors (Lipinski definition) is 5. The van der Waals surface area contributed by atoms with Crippen LogP contribution in [-0.2, 0) is 13.5 Å². The number of ether oxygens (including phenoxy) is 1. The zero-order valence-corrected chi connectivity index (χ0v) is 10.4. The zero-order chi connectivity index (χ0) is 13.0. The van der Waals surface area contributed by atoms with E-state index in [2.05, 4.69) is 15.1 Å². The SMILES string of the molecule is COc1cc(C(O)CCc2ccnn2C)ncn1. The molecule has 2 aromatic rings. The van der Waals surface area contributed by atoms with Crippen molar-refractivity contribution in [2.75, 3.05) is 7.11 Å². The van der Waals surface area contributed by atoms with Gasteiger partial charge in [0.25, 0.3) is 0 Å². The Morgan fingerprint density at radius 2 is 2.28 bits per heavy atom. The van der Waals surface area contributed by atoms with Gasteiger partial charge in [-0.15, -0.1) is 0 Å². The lowest BCUT2D eigenvalue weighted by atomic mass is 10.1. The average Bonchev–Trinajstić information content (AvgIpc) is 2.81. The molecule has 0 aliphatic carbocycles. The summed E-state index contributed by atoms with van der Waals surface area (Å²) in [4.78, 5) is 7.95. The molecule has 0 aliphatic heterocycles. The molecule has 0 saturated carbocycles. The monoisotopic (exact) mass is 248 g/mol. The Bertz CT molecular complexity index is 512. The fourth-order valence-corrected chi connectivity index (χ4v) is 1.73. The molecule has 0 saturated heterocycles. The first-order chi connectivity index (χ1) is 8.70. The summed E-state index contributed by atoms with van der Waals surface area (Å²) in [7, 11) is 3.42. The number of aliphatic hydroxyl groups is 1. The highest BCUT2D eigenvalue weighted by atomic mass is 16.5. The first-order valence-corrected chi connectivity index (χ1v) is 5.71. The van der Waals surface area contributed by atoms with Crippen molar-refractivity contribution in [1.29, 1.82) is 0 Å². The Balaban J connectivity index is 1.99. The van der Waals surface area contributed by atoms with Crippen LogP contribution in [0.4, 0.5) is 0 Å². The zero-order valence-electron chi connectivity index (χ0n) is 10.4. The van der Waals surface area contributed by atoms with Gasteiger partial charge in [-0.25, -0.2) is 9.97 Å². The maximum atomic E-state index is 10.1. The summed E-state index contributed by atoms with van der Waals surface area (Å²) in [6.07, 6.45) is 3.83. The number of methoxy groups -OCH3 is 1. The van der Waals surface area contributed by atoms with Crippen molar-refractivity contribution in [2.45, 2.75) is 18.9 Å². The molecule has 0 amide bonds. The highest BCUT2D eigenvalue weighted by Crippen LogP contribution is 2.19. The molecular formula is C12H16N4O2. The predicted molar refractivity (Wildman–Crippen MR) is 65.1 cm³/mol. The topological polar surface area (TPSA) is 73.1 Å². The van der Waals surface area contributed by atoms with E-state index in [1.54, 1.807) is 16.9 Å². The van der Waals surface area contributed by atoms with E-state index in [-0.39, 0.29) is 0 Å². The molecule has 1 atom stereocenters. The minimum Gasteiger partial charge on any atom is -0.481 e. The van der Waals surface area contributed by atoms with Gasteiger partial charge in [0, 0.05) is 25.0 Å². The van der Waals surface area contributed by atoms with Crippen molar-refractivity contribution in [3.8, 4) is 5.88 Å². The normalized spacial score (nSPS) is 12.4. The summed E-state index contributed by atoms with van der Waals surface area (Å²) < 4.78 is 6.80. The number of aromatic nitrogens is 4. The Kier molecular flexibility index (Phi) is 3.88. The van der Waals surface area contributed by atoms with Crippen LogP contribution in [0, 0.1) is 0 Å². The second kappa shape index (κ2) is 5.59. The van der Waals surface area contributed by atoms with E-state index in [9.17, 15) is 5.11 Å². The van der Waals surface area contributed by atoms with Crippen LogP contribution in [0.3, 0.4) is 0 Å². The lowest BCUT2D eigenvalue weighted by Gasteiger charge is -2.10. The smallest absolute Gasteiger partial charge is 0.216 e. The number of nitrogens with zero attached hydrogens (tertiary/aromatic N) is 4. The van der Waals surface area contributed by atoms with Crippen LogP contribution in [0.15, 0.2) is 24.7 Å². The van der Waals surface area contributed by atoms with E-state index in [4.69, 9.17) is 4.74 Å². The van der Waals surface area contributed by atoms with Crippen molar-refractivity contribution in [1.82, 2.24) is 19.7 Å². The Labute approximate surface area is 105 Å². The van der Waals surface area contributed by atoms with Crippen LogP contribution in [0.5, 0.6) is 5.88 Å². The third-order valence-corrected chi connectivity index (χ3v) is 2.81. The molecule has 18 heavy (non-hydrogen) atoms. The van der Waals surface area contributed by atoms with Gasteiger partial charge in [-0.05, 0) is 18.9 Å². The maximum Gasteiger partial charge on any atom is 0.216 e. The molecule has 0 radical (unpaired) electrons. The van der Waals surface area contributed by atoms with Crippen molar-refractivity contribution >= 4 is 0 Å². The van der Waals surface area contributed by atoms with Crippen LogP contribution < -0.4 is 4.74 Å². The molecule has 0 spiro atoms. The highest BCUT2D eigenvalue weighted by molar-refractivity contribution is 5.15. The van der Waals surface area contributed by atoms with E-state index in [1.165, 1.54) is 13.4 Å². The van der Waals surface area contributed by atoms with E-state index >= 15 is 0 Å². The van der Waals surface area contributed by atoms with Crippen LogP contribution in [0.1, 0.15) is 23.9 Å². The molecule has 6 nitrogen and oxygen atoms in total. The van der Waals surface area contributed by atoms with Gasteiger partial charge in [0.2, 0.25) is 5.88 Å². The fourth-order valence-electron chi connectivity index (χ4n) is 1.73. The second-order valence-electron chi connectivity index (χ2n) is 3.99. The summed E-state index contributed by atoms with van der Waals surface area (Å²) in [5.74, 6) is 0.458. The minimum atomic E-state index is -0.628. The molecular weight excluding hydrogens is 232 g/mol. The molecule has 1 N–H and O–H groups in total. The first-order valence-electron chi connectivity index (χ1n) is 5.71. The van der Waals surface area contributed by atoms with Gasteiger partial charge in [-0.1, -0.05) is 0 Å². The molecule has 6 heteroatoms. The number of aliphatic hydroxyl groups excluding tert-OH is 1. The van der Waals surface area contributed by atoms with Crippen molar-refractivity contribution in [3.63, 3.8) is 0 Å². The van der Waals surface area contributed by atoms with E-state index in [0.717, 1.165) is 12.1 Å². The maximum absolute atomic E-state index is 10.1. The fraction of sp³-hybridized carbons (Fsp3) is 0.417. The van der Waals surface area contributed by atoms with Gasteiger partial charge >= 0.3 is 0 Å². The van der Waals surface area contributed by atoms with Gasteiger partial charge in [-0.2, -0.15) is 5.10 Å². The predicted octanol–water partition coefficient (Wildman–Crippen LogP) is 0.885. The van der Waals surface area contributed by atoms with Gasteiger partial charge in [0.1, 0.15) is 6.33 Å². The molecule has 2 heterocycles. The van der Waals surface area contributed by atoms with Crippen LogP contribution in [0.25, 0.3) is 0 Å². The lowest BCUT2D eigenvalue weighted by Crippen LogP contribution is -2.05. The highest BCUT2D eigenvalue weighted by Gasteiger charge is 2.11. The van der Waals surface area contributed by atoms with Crippen molar-refractivity contribution in [2.24, 2.45) is 7.05 Å². The lowest BCUT2D eigenvalue weighted by molar-refractivity contribution is 0.161. The third kappa shape index (κ3) is 2.84. The standard InChI is InChI=1S/C12H16N4O2/c1-16-9(5-6-15-16)3-4-11(17)10-7-12(18-2)14-8-13-10/h5-8,11,17H,3-4H2,1-2H3. The van der Waals surface area contributed by atoms with Gasteiger partial charge in [0.05, 0.1) is 18.9 Å². The van der Waals surface area contributed by atoms with E-state index in [1.807, 2.05) is 13.1 Å². The molecule has 2 rings (SSSR count). The minimum absolute atomic E-state index is 0.458. The van der Waals surface area contributed by atoms with E-state index < -0.39 is 6.10 Å². The summed E-state index contributed by atoms with van der Waals surface area (Å²) in [6.45, 7) is 0. The number of hydrogen-bond donors (Lipinski definition) is 1. The number of aryl methyl sites for hydroxylation is 2. The second-order valence-corrected chi connectivity index (χ2v) is 3.99. The Hall–Kier alpha value is -1.95. The van der Waals surface area contributed by atoms with Gasteiger partial charge in [0.15, 0.2) is 0 Å². The van der Waals surface area contributed by atoms with Crippen molar-refractivity contribution in [3.05, 3.63) is 36.0 Å². The summed E-state index contributed by atoms with van der Waals surface area (Å²) in [6, 6.07) is 3.58. The molecule has 2 aromatic heterocycles. The quantitative estimate of drug-likeness (QED) is 0.850.